The highest BCUT2D eigenvalue weighted by Crippen LogP contribution is 2.33. The summed E-state index contributed by atoms with van der Waals surface area (Å²) in [5, 5.41) is 12.7. The van der Waals surface area contributed by atoms with Crippen molar-refractivity contribution < 1.29 is 9.90 Å². The zero-order chi connectivity index (χ0) is 15.2. The van der Waals surface area contributed by atoms with Gasteiger partial charge in [-0.2, -0.15) is 0 Å². The maximum absolute atomic E-state index is 12.3. The summed E-state index contributed by atoms with van der Waals surface area (Å²) >= 11 is 0. The Balaban J connectivity index is 1.86. The maximum atomic E-state index is 12.3. The van der Waals surface area contributed by atoms with Gasteiger partial charge in [0.25, 0.3) is 0 Å². The lowest BCUT2D eigenvalue weighted by molar-refractivity contribution is -0.121. The van der Waals surface area contributed by atoms with Gasteiger partial charge in [-0.15, -0.1) is 0 Å². The number of aromatic hydroxyl groups is 1. The minimum absolute atomic E-state index is 0.0600. The first-order valence-electron chi connectivity index (χ1n) is 8.20. The minimum Gasteiger partial charge on any atom is -0.506 e. The van der Waals surface area contributed by atoms with Crippen LogP contribution < -0.4 is 5.32 Å². The van der Waals surface area contributed by atoms with Gasteiger partial charge in [0.05, 0.1) is 5.69 Å². The average Bonchev–Trinajstić information content (AvgIpc) is 2.49. The second-order valence-electron chi connectivity index (χ2n) is 6.37. The van der Waals surface area contributed by atoms with Crippen molar-refractivity contribution >= 4 is 11.6 Å². The fraction of sp³-hybridized carbons (Fsp3) is 0.611. The Kier molecular flexibility index (Phi) is 5.66. The molecule has 0 aromatic heterocycles. The fourth-order valence-electron chi connectivity index (χ4n) is 3.19. The predicted octanol–water partition coefficient (Wildman–Crippen LogP) is 4.64. The minimum atomic E-state index is 0.0600. The summed E-state index contributed by atoms with van der Waals surface area (Å²) in [6.07, 6.45) is 8.16. The van der Waals surface area contributed by atoms with Gasteiger partial charge < -0.3 is 10.4 Å². The lowest BCUT2D eigenvalue weighted by Gasteiger charge is -2.27. The second kappa shape index (κ2) is 7.48. The number of hydrogen-bond donors (Lipinski definition) is 2. The third-order valence-electron chi connectivity index (χ3n) is 4.59. The van der Waals surface area contributed by atoms with E-state index in [-0.39, 0.29) is 17.6 Å². The number of unbranched alkanes of at least 4 members (excludes halogenated alkanes) is 1. The molecule has 1 aliphatic rings. The molecule has 116 valence electrons. The number of aryl methyl sites for hydroxylation is 1. The van der Waals surface area contributed by atoms with Crippen molar-refractivity contribution in [3.63, 3.8) is 0 Å². The van der Waals surface area contributed by atoms with E-state index in [1.807, 2.05) is 19.1 Å². The number of carbonyl (C=O) groups is 1. The van der Waals surface area contributed by atoms with Crippen LogP contribution in [0.2, 0.25) is 0 Å². The van der Waals surface area contributed by atoms with Crippen LogP contribution in [-0.4, -0.2) is 11.0 Å². The molecule has 1 aromatic rings. The molecule has 1 saturated carbocycles. The van der Waals surface area contributed by atoms with Crippen molar-refractivity contribution in [1.29, 1.82) is 0 Å². The largest absolute Gasteiger partial charge is 0.506 e. The number of amides is 1. The fourth-order valence-corrected chi connectivity index (χ4v) is 3.19. The van der Waals surface area contributed by atoms with E-state index in [0.29, 0.717) is 5.69 Å². The molecule has 0 bridgehead atoms. The summed E-state index contributed by atoms with van der Waals surface area (Å²) in [5.41, 5.74) is 1.57. The number of hydrogen-bond acceptors (Lipinski definition) is 2. The van der Waals surface area contributed by atoms with Crippen LogP contribution >= 0.6 is 0 Å². The molecule has 0 spiro atoms. The first-order chi connectivity index (χ1) is 10.1. The molecular formula is C18H27NO2. The molecule has 21 heavy (non-hydrogen) atoms. The Hall–Kier alpha value is -1.51. The van der Waals surface area contributed by atoms with E-state index >= 15 is 0 Å². The summed E-state index contributed by atoms with van der Waals surface area (Å²) in [6, 6.07) is 5.29. The average molecular weight is 289 g/mol. The highest BCUT2D eigenvalue weighted by Gasteiger charge is 2.26. The molecule has 0 unspecified atom stereocenters. The number of carbonyl (C=O) groups excluding carboxylic acids is 1. The van der Waals surface area contributed by atoms with Gasteiger partial charge in [0.2, 0.25) is 5.91 Å². The number of phenols is 1. The van der Waals surface area contributed by atoms with Crippen LogP contribution in [-0.2, 0) is 4.79 Å². The monoisotopic (exact) mass is 289 g/mol. The van der Waals surface area contributed by atoms with Gasteiger partial charge in [-0.1, -0.05) is 32.3 Å². The molecule has 0 saturated heterocycles. The second-order valence-corrected chi connectivity index (χ2v) is 6.37. The molecular weight excluding hydrogens is 262 g/mol. The van der Waals surface area contributed by atoms with Crippen molar-refractivity contribution in [2.75, 3.05) is 5.32 Å². The first kappa shape index (κ1) is 15.9. The number of nitrogens with one attached hydrogen (secondary N) is 1. The van der Waals surface area contributed by atoms with Crippen LogP contribution in [0.3, 0.4) is 0 Å². The highest BCUT2D eigenvalue weighted by molar-refractivity contribution is 5.94. The van der Waals surface area contributed by atoms with Gasteiger partial charge in [-0.3, -0.25) is 4.79 Å². The quantitative estimate of drug-likeness (QED) is 0.776. The molecule has 2 rings (SSSR count). The highest BCUT2D eigenvalue weighted by atomic mass is 16.3. The van der Waals surface area contributed by atoms with Crippen molar-refractivity contribution in [2.24, 2.45) is 11.8 Å². The lowest BCUT2D eigenvalue weighted by Crippen LogP contribution is -2.27. The Labute approximate surface area is 127 Å². The van der Waals surface area contributed by atoms with Crippen LogP contribution in [0.25, 0.3) is 0 Å². The third-order valence-corrected chi connectivity index (χ3v) is 4.59. The molecule has 3 heteroatoms. The molecule has 1 amide bonds. The van der Waals surface area contributed by atoms with Crippen LogP contribution in [0.15, 0.2) is 18.2 Å². The molecule has 3 nitrogen and oxygen atoms in total. The van der Waals surface area contributed by atoms with Crippen molar-refractivity contribution in [2.45, 2.75) is 58.8 Å². The molecule has 0 heterocycles. The van der Waals surface area contributed by atoms with Gasteiger partial charge in [0.1, 0.15) is 5.75 Å². The van der Waals surface area contributed by atoms with Gasteiger partial charge in [-0.25, -0.2) is 0 Å². The molecule has 2 N–H and O–H groups in total. The molecule has 0 radical (unpaired) electrons. The van der Waals surface area contributed by atoms with Crippen molar-refractivity contribution in [1.82, 2.24) is 0 Å². The Bertz CT molecular complexity index is 476. The Morgan fingerprint density at radius 2 is 2.00 bits per heavy atom. The van der Waals surface area contributed by atoms with E-state index in [4.69, 9.17) is 0 Å². The first-order valence-corrected chi connectivity index (χ1v) is 8.20. The SMILES string of the molecule is CCCCC1CCC(C(=O)Nc2cc(C)ccc2O)CC1. The topological polar surface area (TPSA) is 49.3 Å². The Morgan fingerprint density at radius 1 is 1.29 bits per heavy atom. The van der Waals surface area contributed by atoms with Crippen LogP contribution in [0.5, 0.6) is 5.75 Å². The molecule has 0 aliphatic heterocycles. The lowest BCUT2D eigenvalue weighted by atomic mass is 9.79. The summed E-state index contributed by atoms with van der Waals surface area (Å²) < 4.78 is 0. The van der Waals surface area contributed by atoms with E-state index in [2.05, 4.69) is 12.2 Å². The van der Waals surface area contributed by atoms with Gasteiger partial charge in [-0.05, 0) is 56.2 Å². The molecule has 1 aromatic carbocycles. The van der Waals surface area contributed by atoms with Crippen LogP contribution in [0.1, 0.15) is 57.4 Å². The van der Waals surface area contributed by atoms with Crippen molar-refractivity contribution in [3.05, 3.63) is 23.8 Å². The van der Waals surface area contributed by atoms with E-state index in [9.17, 15) is 9.90 Å². The molecule has 1 aliphatic carbocycles. The van der Waals surface area contributed by atoms with Gasteiger partial charge in [0, 0.05) is 5.92 Å². The smallest absolute Gasteiger partial charge is 0.227 e. The summed E-state index contributed by atoms with van der Waals surface area (Å²) in [6.45, 7) is 4.18. The molecule has 1 fully saturated rings. The maximum Gasteiger partial charge on any atom is 0.227 e. The Morgan fingerprint density at radius 3 is 2.67 bits per heavy atom. The van der Waals surface area contributed by atoms with Crippen LogP contribution in [0, 0.1) is 18.8 Å². The van der Waals surface area contributed by atoms with E-state index in [0.717, 1.165) is 37.2 Å². The number of rotatable bonds is 5. The zero-order valence-corrected chi connectivity index (χ0v) is 13.2. The van der Waals surface area contributed by atoms with E-state index in [1.165, 1.54) is 19.3 Å². The number of phenolic OH excluding ortho intramolecular Hbond substituents is 1. The standard InChI is InChI=1S/C18H27NO2/c1-3-4-5-14-7-9-15(10-8-14)18(21)19-16-12-13(2)6-11-17(16)20/h6,11-12,14-15,20H,3-5,7-10H2,1-2H3,(H,19,21). The molecule has 0 atom stereocenters. The van der Waals surface area contributed by atoms with Gasteiger partial charge >= 0.3 is 0 Å². The summed E-state index contributed by atoms with van der Waals surface area (Å²) in [7, 11) is 0. The van der Waals surface area contributed by atoms with Gasteiger partial charge in [0.15, 0.2) is 0 Å². The summed E-state index contributed by atoms with van der Waals surface area (Å²) in [5.74, 6) is 1.11. The van der Waals surface area contributed by atoms with E-state index < -0.39 is 0 Å². The normalized spacial score (nSPS) is 22.0. The van der Waals surface area contributed by atoms with E-state index in [1.54, 1.807) is 6.07 Å². The zero-order valence-electron chi connectivity index (χ0n) is 13.2. The number of benzene rings is 1. The predicted molar refractivity (Wildman–Crippen MR) is 86.4 cm³/mol. The van der Waals surface area contributed by atoms with Crippen molar-refractivity contribution in [3.8, 4) is 5.75 Å². The summed E-state index contributed by atoms with van der Waals surface area (Å²) in [4.78, 5) is 12.3. The number of anilines is 1. The third kappa shape index (κ3) is 4.48. The van der Waals surface area contributed by atoms with Crippen LogP contribution in [0.4, 0.5) is 5.69 Å².